The minimum Gasteiger partial charge on any atom is -0.423 e. The molecule has 0 aliphatic rings. The van der Waals surface area contributed by atoms with Crippen molar-refractivity contribution >= 4 is 12.4 Å². The van der Waals surface area contributed by atoms with Crippen LogP contribution in [-0.2, 0) is 14.3 Å². The number of hydrogen-bond donors (Lipinski definition) is 0. The summed E-state index contributed by atoms with van der Waals surface area (Å²) >= 11 is 0. The predicted molar refractivity (Wildman–Crippen MR) is 41.3 cm³/mol. The first kappa shape index (κ1) is 9.18. The Morgan fingerprint density at radius 3 is 3.00 bits per heavy atom. The summed E-state index contributed by atoms with van der Waals surface area (Å²) in [6.07, 6.45) is 1.46. The van der Waals surface area contributed by atoms with E-state index < -0.39 is 12.8 Å². The fraction of sp³-hybridized carbons (Fsp3) is 0.125. The molecule has 1 aromatic heterocycles. The molecule has 0 saturated heterocycles. The maximum atomic E-state index is 11.0. The van der Waals surface area contributed by atoms with Crippen LogP contribution in [0, 0.1) is 0 Å². The van der Waals surface area contributed by atoms with Crippen LogP contribution in [0.2, 0.25) is 0 Å². The molecule has 0 bridgehead atoms. The molecule has 0 N–H and O–H groups in total. The molecular formula is C8H6NO4. The van der Waals surface area contributed by atoms with Gasteiger partial charge in [0, 0.05) is 6.20 Å². The maximum Gasteiger partial charge on any atom is 0.420 e. The topological polar surface area (TPSA) is 65.5 Å². The number of rotatable bonds is 4. The largest absolute Gasteiger partial charge is 0.423 e. The van der Waals surface area contributed by atoms with Gasteiger partial charge in [-0.1, -0.05) is 6.07 Å². The van der Waals surface area contributed by atoms with Gasteiger partial charge in [0.1, 0.15) is 5.69 Å². The van der Waals surface area contributed by atoms with E-state index >= 15 is 0 Å². The van der Waals surface area contributed by atoms with E-state index in [1.165, 1.54) is 12.3 Å². The van der Waals surface area contributed by atoms with Crippen LogP contribution in [0.25, 0.3) is 0 Å². The van der Waals surface area contributed by atoms with Crippen molar-refractivity contribution in [2.45, 2.75) is 0 Å². The Morgan fingerprint density at radius 1 is 1.54 bits per heavy atom. The molecule has 1 heterocycles. The predicted octanol–water partition coefficient (Wildman–Crippen LogP) is 0.280. The first-order chi connectivity index (χ1) is 6.34. The summed E-state index contributed by atoms with van der Waals surface area (Å²) in [6.45, 7) is 0.681. The van der Waals surface area contributed by atoms with Gasteiger partial charge in [0.25, 0.3) is 0 Å². The highest BCUT2D eigenvalue weighted by Gasteiger charge is 2.06. The Morgan fingerprint density at radius 2 is 2.38 bits per heavy atom. The van der Waals surface area contributed by atoms with Crippen LogP contribution in [0.5, 0.6) is 0 Å². The lowest BCUT2D eigenvalue weighted by molar-refractivity contribution is 0.0101. The number of pyridine rings is 1. The number of nitrogens with zero attached hydrogens (tertiary/aromatic N) is 1. The molecule has 0 amide bonds. The van der Waals surface area contributed by atoms with E-state index in [0.717, 1.165) is 6.47 Å². The average molecular weight is 180 g/mol. The van der Waals surface area contributed by atoms with E-state index in [-0.39, 0.29) is 5.69 Å². The van der Waals surface area contributed by atoms with Gasteiger partial charge in [-0.25, -0.2) is 14.6 Å². The Bertz CT molecular complexity index is 285. The number of carbonyl (C=O) groups is 1. The van der Waals surface area contributed by atoms with Crippen LogP contribution >= 0.6 is 0 Å². The Balaban J connectivity index is 2.45. The monoisotopic (exact) mass is 180 g/mol. The summed E-state index contributed by atoms with van der Waals surface area (Å²) in [5.41, 5.74) is 0.164. The van der Waals surface area contributed by atoms with E-state index in [1.807, 2.05) is 0 Å². The van der Waals surface area contributed by atoms with Crippen LogP contribution < -0.4 is 0 Å². The molecule has 0 unspecified atom stereocenters. The first-order valence-corrected chi connectivity index (χ1v) is 3.41. The summed E-state index contributed by atoms with van der Waals surface area (Å²) in [4.78, 5) is 24.3. The van der Waals surface area contributed by atoms with Gasteiger partial charge in [-0.15, -0.1) is 0 Å². The number of esters is 1. The highest BCUT2D eigenvalue weighted by atomic mass is 16.7. The normalized spacial score (nSPS) is 8.92. The fourth-order valence-electron chi connectivity index (χ4n) is 0.664. The van der Waals surface area contributed by atoms with Crippen molar-refractivity contribution < 1.29 is 19.1 Å². The first-order valence-electron chi connectivity index (χ1n) is 3.41. The van der Waals surface area contributed by atoms with Crippen molar-refractivity contribution in [3.05, 3.63) is 30.1 Å². The molecule has 0 aliphatic carbocycles. The maximum absolute atomic E-state index is 11.0. The van der Waals surface area contributed by atoms with Gasteiger partial charge in [-0.05, 0) is 12.1 Å². The average Bonchev–Trinajstić information content (AvgIpc) is 2.19. The molecule has 1 rings (SSSR count). The third kappa shape index (κ3) is 2.90. The molecular weight excluding hydrogens is 174 g/mol. The molecule has 1 aromatic rings. The van der Waals surface area contributed by atoms with Crippen molar-refractivity contribution in [1.29, 1.82) is 0 Å². The number of carbonyl (C=O) groups excluding carboxylic acids is 2. The second-order valence-corrected chi connectivity index (χ2v) is 1.99. The van der Waals surface area contributed by atoms with E-state index in [9.17, 15) is 9.59 Å². The van der Waals surface area contributed by atoms with Crippen molar-refractivity contribution in [1.82, 2.24) is 4.98 Å². The van der Waals surface area contributed by atoms with Crippen molar-refractivity contribution in [2.24, 2.45) is 0 Å². The standard InChI is InChI=1S/C8H6NO4/c10-5-12-6-13-8(11)7-3-1-2-4-9-7/h1-4H,6H2. The molecule has 0 saturated carbocycles. The lowest BCUT2D eigenvalue weighted by Crippen LogP contribution is -2.09. The highest BCUT2D eigenvalue weighted by molar-refractivity contribution is 5.86. The van der Waals surface area contributed by atoms with E-state index in [0.29, 0.717) is 0 Å². The zero-order valence-corrected chi connectivity index (χ0v) is 6.60. The van der Waals surface area contributed by atoms with E-state index in [2.05, 4.69) is 14.5 Å². The summed E-state index contributed by atoms with van der Waals surface area (Å²) in [7, 11) is 0. The van der Waals surface area contributed by atoms with Gasteiger partial charge in [-0.2, -0.15) is 0 Å². The zero-order chi connectivity index (χ0) is 9.52. The Kier molecular flexibility index (Phi) is 3.44. The third-order valence-corrected chi connectivity index (χ3v) is 1.18. The van der Waals surface area contributed by atoms with Crippen LogP contribution in [0.3, 0.4) is 0 Å². The number of aromatic nitrogens is 1. The van der Waals surface area contributed by atoms with Crippen LogP contribution in [-0.4, -0.2) is 24.2 Å². The lowest BCUT2D eigenvalue weighted by Gasteiger charge is -2.00. The van der Waals surface area contributed by atoms with Gasteiger partial charge in [0.2, 0.25) is 6.79 Å². The fourth-order valence-corrected chi connectivity index (χ4v) is 0.664. The molecule has 5 heteroatoms. The molecule has 13 heavy (non-hydrogen) atoms. The van der Waals surface area contributed by atoms with E-state index in [1.54, 1.807) is 12.1 Å². The molecule has 5 nitrogen and oxygen atoms in total. The van der Waals surface area contributed by atoms with Gasteiger partial charge in [0.15, 0.2) is 0 Å². The zero-order valence-electron chi connectivity index (χ0n) is 6.60. The summed E-state index contributed by atoms with van der Waals surface area (Å²) < 4.78 is 8.53. The van der Waals surface area contributed by atoms with Crippen LogP contribution in [0.15, 0.2) is 24.4 Å². The van der Waals surface area contributed by atoms with Gasteiger partial charge >= 0.3 is 12.4 Å². The minimum atomic E-state index is -0.643. The van der Waals surface area contributed by atoms with Crippen molar-refractivity contribution in [3.63, 3.8) is 0 Å². The molecule has 0 spiro atoms. The molecule has 1 radical (unpaired) electrons. The molecule has 0 atom stereocenters. The van der Waals surface area contributed by atoms with Crippen molar-refractivity contribution in [2.75, 3.05) is 6.79 Å². The molecule has 67 valence electrons. The Labute approximate surface area is 74.3 Å². The lowest BCUT2D eigenvalue weighted by atomic mass is 10.4. The van der Waals surface area contributed by atoms with E-state index in [4.69, 9.17) is 0 Å². The smallest absolute Gasteiger partial charge is 0.420 e. The summed E-state index contributed by atoms with van der Waals surface area (Å²) in [5.74, 6) is -0.643. The van der Waals surface area contributed by atoms with Gasteiger partial charge < -0.3 is 9.47 Å². The van der Waals surface area contributed by atoms with Gasteiger partial charge in [-0.3, -0.25) is 0 Å². The highest BCUT2D eigenvalue weighted by Crippen LogP contribution is 1.95. The van der Waals surface area contributed by atoms with Crippen LogP contribution in [0.4, 0.5) is 0 Å². The summed E-state index contributed by atoms with van der Waals surface area (Å²) in [6, 6.07) is 4.82. The van der Waals surface area contributed by atoms with Crippen LogP contribution in [0.1, 0.15) is 10.5 Å². The van der Waals surface area contributed by atoms with Crippen molar-refractivity contribution in [3.8, 4) is 0 Å². The summed E-state index contributed by atoms with van der Waals surface area (Å²) in [5, 5.41) is 0. The quantitative estimate of drug-likeness (QED) is 0.378. The minimum absolute atomic E-state index is 0.164. The number of hydrogen-bond acceptors (Lipinski definition) is 5. The molecule has 0 aromatic carbocycles. The SMILES string of the molecule is O=[C]OCOC(=O)c1ccccn1. The second kappa shape index (κ2) is 4.87. The van der Waals surface area contributed by atoms with Gasteiger partial charge in [0.05, 0.1) is 0 Å². The molecule has 0 fully saturated rings. The third-order valence-electron chi connectivity index (χ3n) is 1.18. The second-order valence-electron chi connectivity index (χ2n) is 1.99. The Hall–Kier alpha value is -1.91. The number of ether oxygens (including phenoxy) is 2. The molecule has 0 aliphatic heterocycles.